The van der Waals surface area contributed by atoms with Gasteiger partial charge in [0.25, 0.3) is 0 Å². The second-order valence-corrected chi connectivity index (χ2v) is 2.63. The van der Waals surface area contributed by atoms with Gasteiger partial charge in [-0.25, -0.2) is 0 Å². The second-order valence-electron chi connectivity index (χ2n) is 2.63. The van der Waals surface area contributed by atoms with Crippen LogP contribution in [0.3, 0.4) is 0 Å². The average molecular weight is 164 g/mol. The Labute approximate surface area is 70.8 Å². The number of nitrogens with two attached hydrogens (primary N) is 1. The summed E-state index contributed by atoms with van der Waals surface area (Å²) in [5, 5.41) is 8.52. The predicted octanol–water partition coefficient (Wildman–Crippen LogP) is 0.641. The number of carbonyl (C=O) groups is 1. The van der Waals surface area contributed by atoms with Gasteiger partial charge in [-0.3, -0.25) is 4.79 Å². The zero-order valence-electron chi connectivity index (χ0n) is 6.60. The third kappa shape index (κ3) is 2.36. The molecule has 0 saturated carbocycles. The highest BCUT2D eigenvalue weighted by atomic mass is 16.3. The number of hydrogen-bond acceptors (Lipinski definition) is 2. The monoisotopic (exact) mass is 164 g/mol. The van der Waals surface area contributed by atoms with Gasteiger partial charge >= 0.3 is 5.97 Å². The minimum absolute atomic E-state index is 0.385. The average Bonchev–Trinajstić information content (AvgIpc) is 2.06. The first kappa shape index (κ1) is 8.74. The largest absolute Gasteiger partial charge is 0.480 e. The second kappa shape index (κ2) is 3.88. The SMILES string of the molecule is NC(Cc1ccccc1)[11C](=O)O. The van der Waals surface area contributed by atoms with Crippen LogP contribution in [-0.4, -0.2) is 17.1 Å². The molecule has 0 aliphatic heterocycles. The summed E-state index contributed by atoms with van der Waals surface area (Å²) >= 11 is 0. The third-order valence-electron chi connectivity index (χ3n) is 1.62. The minimum Gasteiger partial charge on any atom is -0.480 e. The van der Waals surface area contributed by atoms with Crippen molar-refractivity contribution in [2.75, 3.05) is 0 Å². The maximum absolute atomic E-state index is 10.4. The molecule has 0 radical (unpaired) electrons. The van der Waals surface area contributed by atoms with Crippen LogP contribution in [0.15, 0.2) is 30.3 Å². The van der Waals surface area contributed by atoms with Crippen molar-refractivity contribution in [1.82, 2.24) is 0 Å². The Morgan fingerprint density at radius 1 is 1.42 bits per heavy atom. The summed E-state index contributed by atoms with van der Waals surface area (Å²) in [6.45, 7) is 0. The fraction of sp³-hybridized carbons (Fsp3) is 0.222. The molecule has 0 fully saturated rings. The molecule has 1 rings (SSSR count). The molecule has 0 aliphatic rings. The highest BCUT2D eigenvalue weighted by molar-refractivity contribution is 5.73. The quantitative estimate of drug-likeness (QED) is 0.689. The van der Waals surface area contributed by atoms with Crippen molar-refractivity contribution >= 4 is 5.97 Å². The molecular weight excluding hydrogens is 153 g/mol. The Kier molecular flexibility index (Phi) is 2.82. The first-order chi connectivity index (χ1) is 5.70. The van der Waals surface area contributed by atoms with Crippen LogP contribution in [0.4, 0.5) is 0 Å². The van der Waals surface area contributed by atoms with Crippen LogP contribution in [0.5, 0.6) is 0 Å². The van der Waals surface area contributed by atoms with Gasteiger partial charge in [0.15, 0.2) is 0 Å². The molecule has 0 aliphatic carbocycles. The lowest BCUT2D eigenvalue weighted by atomic mass is 9.89. The predicted molar refractivity (Wildman–Crippen MR) is 45.8 cm³/mol. The zero-order valence-corrected chi connectivity index (χ0v) is 6.60. The lowest BCUT2D eigenvalue weighted by Gasteiger charge is -2.04. The molecule has 0 heterocycles. The van der Waals surface area contributed by atoms with Crippen LogP contribution in [0.25, 0.3) is 0 Å². The number of hydrogen-bond donors (Lipinski definition) is 2. The maximum Gasteiger partial charge on any atom is 0.320 e. The van der Waals surface area contributed by atoms with E-state index < -0.39 is 12.0 Å². The van der Waals surface area contributed by atoms with Gasteiger partial charge in [-0.05, 0) is 12.0 Å². The Balaban J connectivity index is 2.58. The van der Waals surface area contributed by atoms with E-state index in [-0.39, 0.29) is 0 Å². The zero-order chi connectivity index (χ0) is 8.97. The van der Waals surface area contributed by atoms with Crippen LogP contribution >= 0.6 is 0 Å². The molecule has 0 aromatic heterocycles. The molecule has 0 amide bonds. The van der Waals surface area contributed by atoms with Gasteiger partial charge in [0.05, 0.1) is 0 Å². The van der Waals surface area contributed by atoms with Crippen LogP contribution in [0.1, 0.15) is 5.56 Å². The summed E-state index contributed by atoms with van der Waals surface area (Å²) in [5.41, 5.74) is 6.30. The third-order valence-corrected chi connectivity index (χ3v) is 1.62. The van der Waals surface area contributed by atoms with Crippen molar-refractivity contribution < 1.29 is 9.90 Å². The summed E-state index contributed by atoms with van der Waals surface area (Å²) in [6, 6.07) is 8.54. The van der Waals surface area contributed by atoms with Crippen molar-refractivity contribution in [2.24, 2.45) is 5.73 Å². The van der Waals surface area contributed by atoms with E-state index in [1.165, 1.54) is 0 Å². The van der Waals surface area contributed by atoms with Gasteiger partial charge in [-0.2, -0.15) is 0 Å². The summed E-state index contributed by atoms with van der Waals surface area (Å²) in [4.78, 5) is 10.4. The molecule has 0 bridgehead atoms. The molecule has 3 N–H and O–H groups in total. The normalized spacial score (nSPS) is 12.4. The molecular formula is C9H11NO2. The Morgan fingerprint density at radius 3 is 2.50 bits per heavy atom. The van der Waals surface area contributed by atoms with Crippen LogP contribution in [0.2, 0.25) is 0 Å². The molecule has 1 aromatic rings. The van der Waals surface area contributed by atoms with Gasteiger partial charge in [-0.1, -0.05) is 30.3 Å². The Morgan fingerprint density at radius 2 is 2.00 bits per heavy atom. The molecule has 1 unspecified atom stereocenters. The minimum atomic E-state index is -0.959. The van der Waals surface area contributed by atoms with E-state index in [0.717, 1.165) is 5.56 Å². The lowest BCUT2D eigenvalue weighted by Crippen LogP contribution is -2.32. The molecule has 0 saturated heterocycles. The van der Waals surface area contributed by atoms with E-state index in [1.807, 2.05) is 30.3 Å². The fourth-order valence-corrected chi connectivity index (χ4v) is 0.955. The number of benzene rings is 1. The molecule has 0 spiro atoms. The smallest absolute Gasteiger partial charge is 0.320 e. The standard InChI is InChI=1S/C9H11NO2/c10-8(9(11)12)6-7-4-2-1-3-5-7/h1-5,8H,6,10H2,(H,11,12)/i9-1. The molecule has 1 aromatic carbocycles. The van der Waals surface area contributed by atoms with Gasteiger partial charge in [0, 0.05) is 0 Å². The van der Waals surface area contributed by atoms with Crippen molar-refractivity contribution in [1.29, 1.82) is 0 Å². The van der Waals surface area contributed by atoms with Gasteiger partial charge in [-0.15, -0.1) is 0 Å². The van der Waals surface area contributed by atoms with Gasteiger partial charge in [0.2, 0.25) is 0 Å². The van der Waals surface area contributed by atoms with Gasteiger partial charge < -0.3 is 10.8 Å². The molecule has 3 heteroatoms. The van der Waals surface area contributed by atoms with Crippen LogP contribution in [-0.2, 0) is 11.2 Å². The molecule has 1 atom stereocenters. The van der Waals surface area contributed by atoms with Crippen molar-refractivity contribution in [2.45, 2.75) is 12.5 Å². The number of aliphatic carboxylic acids is 1. The number of carboxylic acid groups (broad SMARTS) is 1. The molecule has 12 heavy (non-hydrogen) atoms. The summed E-state index contributed by atoms with van der Waals surface area (Å²) in [5.74, 6) is -0.959. The Hall–Kier alpha value is -1.35. The first-order valence-electron chi connectivity index (χ1n) is 3.72. The number of carboxylic acids is 1. The number of rotatable bonds is 3. The van der Waals surface area contributed by atoms with E-state index in [4.69, 9.17) is 10.8 Å². The molecule has 3 nitrogen and oxygen atoms in total. The Bertz CT molecular complexity index is 258. The van der Waals surface area contributed by atoms with E-state index >= 15 is 0 Å². The summed E-state index contributed by atoms with van der Waals surface area (Å²) < 4.78 is 0. The topological polar surface area (TPSA) is 63.3 Å². The van der Waals surface area contributed by atoms with Crippen molar-refractivity contribution in [3.63, 3.8) is 0 Å². The fourth-order valence-electron chi connectivity index (χ4n) is 0.955. The van der Waals surface area contributed by atoms with Crippen LogP contribution < -0.4 is 5.73 Å². The highest BCUT2D eigenvalue weighted by Crippen LogP contribution is 2.01. The van der Waals surface area contributed by atoms with E-state index in [0.29, 0.717) is 6.42 Å². The van der Waals surface area contributed by atoms with E-state index in [9.17, 15) is 4.79 Å². The van der Waals surface area contributed by atoms with Crippen LogP contribution in [0, 0.1) is 0 Å². The summed E-state index contributed by atoms with van der Waals surface area (Å²) in [6.07, 6.45) is 0.385. The first-order valence-corrected chi connectivity index (χ1v) is 3.72. The van der Waals surface area contributed by atoms with Gasteiger partial charge in [0.1, 0.15) is 6.04 Å². The van der Waals surface area contributed by atoms with Crippen molar-refractivity contribution in [3.8, 4) is 0 Å². The van der Waals surface area contributed by atoms with E-state index in [2.05, 4.69) is 0 Å². The van der Waals surface area contributed by atoms with E-state index in [1.54, 1.807) is 0 Å². The highest BCUT2D eigenvalue weighted by Gasteiger charge is 2.10. The summed E-state index contributed by atoms with van der Waals surface area (Å²) in [7, 11) is 0. The maximum atomic E-state index is 10.4. The van der Waals surface area contributed by atoms with Crippen molar-refractivity contribution in [3.05, 3.63) is 35.9 Å². The lowest BCUT2D eigenvalue weighted by molar-refractivity contribution is -0.138. The molecule has 64 valence electrons.